The minimum Gasteiger partial charge on any atom is -0.494 e. The maximum Gasteiger partial charge on any atom is 0.204 e. The van der Waals surface area contributed by atoms with Crippen LogP contribution in [-0.2, 0) is 14.3 Å². The van der Waals surface area contributed by atoms with Gasteiger partial charge in [0.1, 0.15) is 6.10 Å². The molecule has 0 aromatic carbocycles. The van der Waals surface area contributed by atoms with E-state index < -0.39 is 6.10 Å². The smallest absolute Gasteiger partial charge is 0.204 e. The van der Waals surface area contributed by atoms with E-state index in [2.05, 4.69) is 26.2 Å². The molecule has 1 aliphatic carbocycles. The molecule has 0 fully saturated rings. The molecular weight excluding hydrogens is 316 g/mol. The third kappa shape index (κ3) is 5.20. The molecule has 0 spiro atoms. The Labute approximate surface area is 151 Å². The van der Waals surface area contributed by atoms with Crippen LogP contribution in [0.25, 0.3) is 0 Å². The molecule has 3 atom stereocenters. The fourth-order valence-electron chi connectivity index (χ4n) is 3.06. The number of carbonyl (C=O) groups excluding carboxylic acids is 1. The summed E-state index contributed by atoms with van der Waals surface area (Å²) in [5.41, 5.74) is 2.35. The molecule has 1 aliphatic rings. The van der Waals surface area contributed by atoms with Gasteiger partial charge >= 0.3 is 0 Å². The molecular formula is C21H30O4. The molecule has 25 heavy (non-hydrogen) atoms. The number of rotatable bonds is 9. The van der Waals surface area contributed by atoms with E-state index in [-0.39, 0.29) is 29.1 Å². The molecule has 4 heteroatoms. The number of ketones is 1. The third-order valence-electron chi connectivity index (χ3n) is 4.74. The highest BCUT2D eigenvalue weighted by Gasteiger charge is 2.42. The monoisotopic (exact) mass is 346 g/mol. The van der Waals surface area contributed by atoms with Crippen LogP contribution in [0, 0.1) is 11.8 Å². The van der Waals surface area contributed by atoms with E-state index in [1.165, 1.54) is 19.8 Å². The van der Waals surface area contributed by atoms with E-state index >= 15 is 0 Å². The van der Waals surface area contributed by atoms with Gasteiger partial charge in [-0.3, -0.25) is 4.79 Å². The number of ether oxygens (including phenoxy) is 2. The molecule has 4 nitrogen and oxygen atoms in total. The van der Waals surface area contributed by atoms with Crippen LogP contribution in [0.3, 0.4) is 0 Å². The Morgan fingerprint density at radius 1 is 1.24 bits per heavy atom. The molecule has 0 radical (unpaired) electrons. The zero-order chi connectivity index (χ0) is 19.0. The molecule has 0 amide bonds. The van der Waals surface area contributed by atoms with Gasteiger partial charge in [-0.2, -0.15) is 0 Å². The van der Waals surface area contributed by atoms with Crippen molar-refractivity contribution in [2.24, 2.45) is 11.8 Å². The topological polar surface area (TPSA) is 55.8 Å². The molecule has 0 saturated carbocycles. The number of allylic oxidation sites excluding steroid dienone is 7. The zero-order valence-corrected chi connectivity index (χ0v) is 15.7. The number of hydrogen-bond donors (Lipinski definition) is 1. The molecule has 138 valence electrons. The Kier molecular flexibility index (Phi) is 8.42. The van der Waals surface area contributed by atoms with E-state index in [9.17, 15) is 9.90 Å². The first-order valence-electron chi connectivity index (χ1n) is 8.55. The summed E-state index contributed by atoms with van der Waals surface area (Å²) in [6, 6.07) is 0. The van der Waals surface area contributed by atoms with E-state index in [1.807, 2.05) is 19.1 Å². The Morgan fingerprint density at radius 2 is 1.92 bits per heavy atom. The van der Waals surface area contributed by atoms with Gasteiger partial charge in [0.05, 0.1) is 14.2 Å². The van der Waals surface area contributed by atoms with E-state index in [0.29, 0.717) is 6.42 Å². The van der Waals surface area contributed by atoms with Crippen molar-refractivity contribution in [2.45, 2.75) is 39.2 Å². The van der Waals surface area contributed by atoms with Crippen LogP contribution in [0.4, 0.5) is 0 Å². The summed E-state index contributed by atoms with van der Waals surface area (Å²) in [4.78, 5) is 12.4. The molecule has 1 rings (SSSR count). The van der Waals surface area contributed by atoms with Crippen molar-refractivity contribution in [3.8, 4) is 0 Å². The number of hydrogen-bond acceptors (Lipinski definition) is 4. The van der Waals surface area contributed by atoms with Gasteiger partial charge in [0.25, 0.3) is 0 Å². The molecule has 0 heterocycles. The second kappa shape index (κ2) is 10.0. The second-order valence-corrected chi connectivity index (χ2v) is 6.33. The lowest BCUT2D eigenvalue weighted by Gasteiger charge is -2.33. The van der Waals surface area contributed by atoms with Crippen LogP contribution >= 0.6 is 0 Å². The molecule has 0 aromatic heterocycles. The maximum atomic E-state index is 12.4. The number of Topliss-reactive ketones (excluding diaryl/α,β-unsaturated/α-hetero) is 1. The lowest BCUT2D eigenvalue weighted by atomic mass is 9.77. The van der Waals surface area contributed by atoms with E-state index in [1.54, 1.807) is 6.08 Å². The van der Waals surface area contributed by atoms with Crippen LogP contribution < -0.4 is 0 Å². The number of methoxy groups -OCH3 is 2. The number of aliphatic hydroxyl groups is 1. The highest BCUT2D eigenvalue weighted by atomic mass is 16.5. The molecule has 0 aliphatic heterocycles. The molecule has 0 aromatic rings. The first kappa shape index (κ1) is 21.0. The van der Waals surface area contributed by atoms with Crippen molar-refractivity contribution in [1.29, 1.82) is 0 Å². The summed E-state index contributed by atoms with van der Waals surface area (Å²) >= 11 is 0. The van der Waals surface area contributed by atoms with E-state index in [0.717, 1.165) is 18.4 Å². The van der Waals surface area contributed by atoms with Crippen molar-refractivity contribution in [3.63, 3.8) is 0 Å². The largest absolute Gasteiger partial charge is 0.494 e. The van der Waals surface area contributed by atoms with Crippen molar-refractivity contribution in [3.05, 3.63) is 60.1 Å². The Hall–Kier alpha value is -2.07. The lowest BCUT2D eigenvalue weighted by molar-refractivity contribution is -0.128. The SMILES string of the molecule is C=C/C=C(\C=C)CC/C(C)=C/CC1C(C)C(=O)C(OC)=C(OC)C1O. The highest BCUT2D eigenvalue weighted by Crippen LogP contribution is 2.35. The number of aliphatic hydroxyl groups excluding tert-OH is 1. The molecule has 1 N–H and O–H groups in total. The predicted molar refractivity (Wildman–Crippen MR) is 101 cm³/mol. The zero-order valence-electron chi connectivity index (χ0n) is 15.7. The van der Waals surface area contributed by atoms with Gasteiger partial charge in [-0.05, 0) is 31.8 Å². The Bertz CT molecular complexity index is 595. The van der Waals surface area contributed by atoms with Gasteiger partial charge in [0, 0.05) is 11.8 Å². The Balaban J connectivity index is 2.83. The van der Waals surface area contributed by atoms with Crippen LogP contribution in [-0.4, -0.2) is 31.2 Å². The van der Waals surface area contributed by atoms with Gasteiger partial charge < -0.3 is 14.6 Å². The van der Waals surface area contributed by atoms with E-state index in [4.69, 9.17) is 9.47 Å². The van der Waals surface area contributed by atoms with Gasteiger partial charge in [0.2, 0.25) is 11.5 Å². The normalized spacial score (nSPS) is 25.0. The predicted octanol–water partition coefficient (Wildman–Crippen LogP) is 4.10. The van der Waals surface area contributed by atoms with Gasteiger partial charge in [0.15, 0.2) is 5.76 Å². The van der Waals surface area contributed by atoms with Gasteiger partial charge in [-0.1, -0.05) is 50.0 Å². The average molecular weight is 346 g/mol. The van der Waals surface area contributed by atoms with Crippen LogP contribution in [0.15, 0.2) is 60.1 Å². The standard InChI is InChI=1S/C21H30O4/c1-7-9-16(8-2)12-10-14(3)11-13-17-15(4)18(22)20(24-5)21(25-6)19(17)23/h7-9,11,15,17,19,23H,1-2,10,12-13H2,3-6H3/b14-11+,16-9+. The Morgan fingerprint density at radius 3 is 2.44 bits per heavy atom. The fraction of sp³-hybridized carbons (Fsp3) is 0.476. The summed E-state index contributed by atoms with van der Waals surface area (Å²) in [6.45, 7) is 11.4. The minimum absolute atomic E-state index is 0.122. The first-order valence-corrected chi connectivity index (χ1v) is 8.55. The minimum atomic E-state index is -0.846. The van der Waals surface area contributed by atoms with Crippen molar-refractivity contribution in [2.75, 3.05) is 14.2 Å². The number of carbonyl (C=O) groups is 1. The summed E-state index contributed by atoms with van der Waals surface area (Å²) in [5.74, 6) is -0.311. The van der Waals surface area contributed by atoms with Crippen LogP contribution in [0.1, 0.15) is 33.1 Å². The first-order chi connectivity index (χ1) is 11.9. The molecule has 0 saturated heterocycles. The van der Waals surface area contributed by atoms with Crippen molar-refractivity contribution < 1.29 is 19.4 Å². The summed E-state index contributed by atoms with van der Waals surface area (Å²) < 4.78 is 10.3. The van der Waals surface area contributed by atoms with Gasteiger partial charge in [-0.15, -0.1) is 0 Å². The molecule has 0 bridgehead atoms. The fourth-order valence-corrected chi connectivity index (χ4v) is 3.06. The highest BCUT2D eigenvalue weighted by molar-refractivity contribution is 5.97. The van der Waals surface area contributed by atoms with Gasteiger partial charge in [-0.25, -0.2) is 0 Å². The second-order valence-electron chi connectivity index (χ2n) is 6.33. The lowest BCUT2D eigenvalue weighted by Crippen LogP contribution is -2.40. The average Bonchev–Trinajstić information content (AvgIpc) is 2.61. The summed E-state index contributed by atoms with van der Waals surface area (Å²) in [5, 5.41) is 10.6. The van der Waals surface area contributed by atoms with Crippen LogP contribution in [0.5, 0.6) is 0 Å². The maximum absolute atomic E-state index is 12.4. The van der Waals surface area contributed by atoms with Crippen molar-refractivity contribution in [1.82, 2.24) is 0 Å². The van der Waals surface area contributed by atoms with Crippen molar-refractivity contribution >= 4 is 5.78 Å². The summed E-state index contributed by atoms with van der Waals surface area (Å²) in [7, 11) is 2.87. The molecule has 3 unspecified atom stereocenters. The third-order valence-corrected chi connectivity index (χ3v) is 4.74. The summed E-state index contributed by atoms with van der Waals surface area (Å²) in [6.07, 6.45) is 9.19. The quantitative estimate of drug-likeness (QED) is 0.504. The van der Waals surface area contributed by atoms with Crippen LogP contribution in [0.2, 0.25) is 0 Å².